The minimum atomic E-state index is -4.53. The Morgan fingerprint density at radius 2 is 1.96 bits per heavy atom. The highest BCUT2D eigenvalue weighted by atomic mass is 19.4. The Morgan fingerprint density at radius 3 is 2.64 bits per heavy atom. The lowest BCUT2D eigenvalue weighted by Crippen LogP contribution is -2.31. The maximum absolute atomic E-state index is 12.7. The monoisotopic (exact) mass is 391 g/mol. The molecule has 0 aliphatic rings. The lowest BCUT2D eigenvalue weighted by atomic mass is 10.1. The molecule has 10 heteroatoms. The number of rotatable bonds is 5. The number of pyridine rings is 1. The second kappa shape index (κ2) is 7.67. The van der Waals surface area contributed by atoms with Gasteiger partial charge < -0.3 is 5.32 Å². The molecule has 2 heterocycles. The molecule has 1 amide bonds. The number of amides is 1. The summed E-state index contributed by atoms with van der Waals surface area (Å²) in [6.45, 7) is 0.0812. The summed E-state index contributed by atoms with van der Waals surface area (Å²) in [5.41, 5.74) is -0.888. The van der Waals surface area contributed by atoms with Crippen LogP contribution in [0, 0.1) is 0 Å². The Bertz CT molecular complexity index is 1040. The summed E-state index contributed by atoms with van der Waals surface area (Å²) >= 11 is 0. The predicted molar refractivity (Wildman–Crippen MR) is 94.5 cm³/mol. The minimum absolute atomic E-state index is 0.0215. The zero-order valence-corrected chi connectivity index (χ0v) is 14.8. The molecule has 0 aliphatic heterocycles. The van der Waals surface area contributed by atoms with Crippen LogP contribution in [0.2, 0.25) is 0 Å². The molecule has 0 saturated heterocycles. The van der Waals surface area contributed by atoms with Crippen molar-refractivity contribution in [2.45, 2.75) is 12.7 Å². The molecule has 146 valence electrons. The molecule has 0 saturated carbocycles. The smallest absolute Gasteiger partial charge is 0.350 e. The second-order valence-electron chi connectivity index (χ2n) is 5.94. The number of carbonyl (C=O) groups excluding carboxylic acids is 1. The first-order valence-electron chi connectivity index (χ1n) is 8.28. The molecule has 0 unspecified atom stereocenters. The quantitative estimate of drug-likeness (QED) is 0.722. The van der Waals surface area contributed by atoms with E-state index >= 15 is 0 Å². The first kappa shape index (κ1) is 19.3. The summed E-state index contributed by atoms with van der Waals surface area (Å²) in [6, 6.07) is 9.34. The van der Waals surface area contributed by atoms with Gasteiger partial charge in [-0.3, -0.25) is 14.3 Å². The van der Waals surface area contributed by atoms with E-state index in [2.05, 4.69) is 15.4 Å². The normalized spacial score (nSPS) is 11.4. The van der Waals surface area contributed by atoms with Crippen LogP contribution in [0.1, 0.15) is 15.9 Å². The molecule has 1 N–H and O–H groups in total. The van der Waals surface area contributed by atoms with Crippen molar-refractivity contribution in [1.82, 2.24) is 24.6 Å². The van der Waals surface area contributed by atoms with Crippen molar-refractivity contribution in [2.75, 3.05) is 6.54 Å². The number of alkyl halides is 3. The molecule has 0 spiro atoms. The van der Waals surface area contributed by atoms with Gasteiger partial charge in [-0.05, 0) is 30.3 Å². The van der Waals surface area contributed by atoms with Crippen molar-refractivity contribution < 1.29 is 18.0 Å². The highest BCUT2D eigenvalue weighted by Crippen LogP contribution is 2.29. The van der Waals surface area contributed by atoms with Gasteiger partial charge in [0.15, 0.2) is 5.82 Å². The molecular formula is C18H16F3N5O2. The van der Waals surface area contributed by atoms with E-state index in [0.717, 1.165) is 16.8 Å². The molecular weight excluding hydrogens is 375 g/mol. The summed E-state index contributed by atoms with van der Waals surface area (Å²) in [5.74, 6) is -0.296. The van der Waals surface area contributed by atoms with Crippen LogP contribution in [0.15, 0.2) is 53.5 Å². The van der Waals surface area contributed by atoms with E-state index < -0.39 is 23.3 Å². The average molecular weight is 391 g/mol. The number of aromatic nitrogens is 4. The van der Waals surface area contributed by atoms with Crippen LogP contribution in [-0.4, -0.2) is 31.8 Å². The fourth-order valence-corrected chi connectivity index (χ4v) is 2.57. The van der Waals surface area contributed by atoms with Crippen LogP contribution in [0.25, 0.3) is 11.5 Å². The van der Waals surface area contributed by atoms with E-state index in [1.165, 1.54) is 16.7 Å². The maximum Gasteiger partial charge on any atom is 0.416 e. The Balaban J connectivity index is 1.67. The number of hydrogen-bond acceptors (Lipinski definition) is 4. The molecule has 28 heavy (non-hydrogen) atoms. The van der Waals surface area contributed by atoms with Crippen molar-refractivity contribution in [3.05, 3.63) is 70.3 Å². The largest absolute Gasteiger partial charge is 0.416 e. The Hall–Kier alpha value is -3.43. The van der Waals surface area contributed by atoms with Crippen LogP contribution in [-0.2, 0) is 19.8 Å². The van der Waals surface area contributed by atoms with E-state index in [1.54, 1.807) is 31.4 Å². The molecule has 0 fully saturated rings. The van der Waals surface area contributed by atoms with Gasteiger partial charge in [-0.1, -0.05) is 12.1 Å². The van der Waals surface area contributed by atoms with Gasteiger partial charge in [0.1, 0.15) is 5.69 Å². The minimum Gasteiger partial charge on any atom is -0.350 e. The summed E-state index contributed by atoms with van der Waals surface area (Å²) < 4.78 is 40.7. The third kappa shape index (κ3) is 4.11. The second-order valence-corrected chi connectivity index (χ2v) is 5.94. The van der Waals surface area contributed by atoms with Crippen molar-refractivity contribution in [2.24, 2.45) is 7.05 Å². The first-order chi connectivity index (χ1) is 13.3. The van der Waals surface area contributed by atoms with Crippen molar-refractivity contribution in [3.63, 3.8) is 0 Å². The predicted octanol–water partition coefficient (Wildman–Crippen LogP) is 2.09. The van der Waals surface area contributed by atoms with Gasteiger partial charge in [-0.25, -0.2) is 9.48 Å². The fourth-order valence-electron chi connectivity index (χ4n) is 2.57. The number of halogens is 3. The number of carbonyl (C=O) groups is 1. The van der Waals surface area contributed by atoms with Crippen LogP contribution < -0.4 is 11.0 Å². The number of nitrogens with one attached hydrogen (secondary N) is 1. The van der Waals surface area contributed by atoms with Crippen molar-refractivity contribution in [1.29, 1.82) is 0 Å². The topological polar surface area (TPSA) is 81.8 Å². The first-order valence-corrected chi connectivity index (χ1v) is 8.28. The van der Waals surface area contributed by atoms with Gasteiger partial charge >= 0.3 is 11.9 Å². The van der Waals surface area contributed by atoms with Gasteiger partial charge in [-0.2, -0.15) is 13.2 Å². The zero-order valence-electron chi connectivity index (χ0n) is 14.8. The van der Waals surface area contributed by atoms with E-state index in [4.69, 9.17) is 0 Å². The van der Waals surface area contributed by atoms with Gasteiger partial charge in [0.2, 0.25) is 0 Å². The van der Waals surface area contributed by atoms with Crippen LogP contribution in [0.3, 0.4) is 0 Å². The highest BCUT2D eigenvalue weighted by Gasteiger charge is 2.30. The van der Waals surface area contributed by atoms with Crippen LogP contribution >= 0.6 is 0 Å². The highest BCUT2D eigenvalue weighted by molar-refractivity contribution is 5.94. The van der Waals surface area contributed by atoms with E-state index in [1.807, 2.05) is 0 Å². The molecule has 0 radical (unpaired) electrons. The van der Waals surface area contributed by atoms with Gasteiger partial charge in [0.05, 0.1) is 12.1 Å². The SMILES string of the molecule is Cn1c(-c2ccccn2)nn(CCNC(=O)c2cccc(C(F)(F)F)c2)c1=O. The summed E-state index contributed by atoms with van der Waals surface area (Å²) in [5, 5.41) is 6.69. The number of nitrogens with zero attached hydrogens (tertiary/aromatic N) is 4. The summed E-state index contributed by atoms with van der Waals surface area (Å²) in [4.78, 5) is 28.5. The molecule has 3 aromatic rings. The summed E-state index contributed by atoms with van der Waals surface area (Å²) in [7, 11) is 1.55. The van der Waals surface area contributed by atoms with Gasteiger partial charge in [-0.15, -0.1) is 5.10 Å². The molecule has 7 nitrogen and oxygen atoms in total. The molecule has 0 aliphatic carbocycles. The Labute approximate surface area is 157 Å². The van der Waals surface area contributed by atoms with Gasteiger partial charge in [0.25, 0.3) is 5.91 Å². The molecule has 0 bridgehead atoms. The lowest BCUT2D eigenvalue weighted by Gasteiger charge is -2.09. The number of benzene rings is 1. The van der Waals surface area contributed by atoms with Crippen LogP contribution in [0.4, 0.5) is 13.2 Å². The van der Waals surface area contributed by atoms with E-state index in [0.29, 0.717) is 11.5 Å². The number of hydrogen-bond donors (Lipinski definition) is 1. The zero-order chi connectivity index (χ0) is 20.3. The standard InChI is InChI=1S/C18H16F3N5O2/c1-25-15(14-7-2-3-8-22-14)24-26(17(25)28)10-9-23-16(27)12-5-4-6-13(11-12)18(19,20)21/h2-8,11H,9-10H2,1H3,(H,23,27). The van der Waals surface area contributed by atoms with Crippen molar-refractivity contribution >= 4 is 5.91 Å². The molecule has 1 aromatic carbocycles. The molecule has 3 rings (SSSR count). The molecule has 0 atom stereocenters. The Kier molecular flexibility index (Phi) is 5.30. The van der Waals surface area contributed by atoms with Crippen molar-refractivity contribution in [3.8, 4) is 11.5 Å². The fraction of sp³-hybridized carbons (Fsp3) is 0.222. The third-order valence-electron chi connectivity index (χ3n) is 4.00. The average Bonchev–Trinajstić information content (AvgIpc) is 2.96. The third-order valence-corrected chi connectivity index (χ3v) is 4.00. The van der Waals surface area contributed by atoms with E-state index in [9.17, 15) is 22.8 Å². The van der Waals surface area contributed by atoms with Crippen LogP contribution in [0.5, 0.6) is 0 Å². The summed E-state index contributed by atoms with van der Waals surface area (Å²) in [6.07, 6.45) is -2.95. The maximum atomic E-state index is 12.7. The van der Waals surface area contributed by atoms with Gasteiger partial charge in [0, 0.05) is 25.4 Å². The molecule has 2 aromatic heterocycles. The van der Waals surface area contributed by atoms with E-state index in [-0.39, 0.29) is 18.7 Å². The Morgan fingerprint density at radius 1 is 1.18 bits per heavy atom. The lowest BCUT2D eigenvalue weighted by molar-refractivity contribution is -0.137.